The van der Waals surface area contributed by atoms with Crippen molar-refractivity contribution in [1.29, 1.82) is 0 Å². The quantitative estimate of drug-likeness (QED) is 0.349. The van der Waals surface area contributed by atoms with Crippen LogP contribution in [0.5, 0.6) is 0 Å². The van der Waals surface area contributed by atoms with Gasteiger partial charge in [-0.2, -0.15) is 0 Å². The molecule has 0 amide bonds. The summed E-state index contributed by atoms with van der Waals surface area (Å²) in [5.74, 6) is -2.06. The molecule has 25 heavy (non-hydrogen) atoms. The normalized spacial score (nSPS) is 10.3. The first-order chi connectivity index (χ1) is 11.9. The van der Waals surface area contributed by atoms with Crippen LogP contribution in [0, 0.1) is 10.1 Å². The summed E-state index contributed by atoms with van der Waals surface area (Å²) in [6.45, 7) is 0.144. The molecule has 0 radical (unpaired) electrons. The topological polar surface area (TPSA) is 129 Å². The van der Waals surface area contributed by atoms with Crippen LogP contribution in [0.25, 0.3) is 11.3 Å². The highest BCUT2D eigenvalue weighted by Gasteiger charge is 2.20. The van der Waals surface area contributed by atoms with Crippen LogP contribution in [0.4, 0.5) is 5.69 Å². The van der Waals surface area contributed by atoms with E-state index < -0.39 is 16.9 Å². The van der Waals surface area contributed by atoms with E-state index in [2.05, 4.69) is 4.98 Å². The largest absolute Gasteiger partial charge is 0.478 e. The Morgan fingerprint density at radius 3 is 2.68 bits per heavy atom. The standard InChI is InChI=1S/C16H14N2O7/c1-24-5-6-25-16(21)13-8-11(15(19)20)9-17-14(13)10-3-2-4-12(7-10)18(22)23/h2-4,7-9H,5-6H2,1H3,(H,19,20). The number of aromatic nitrogens is 1. The summed E-state index contributed by atoms with van der Waals surface area (Å²) in [5, 5.41) is 20.0. The Bertz CT molecular complexity index is 820. The molecule has 9 nitrogen and oxygen atoms in total. The van der Waals surface area contributed by atoms with Crippen molar-refractivity contribution in [3.05, 3.63) is 57.8 Å². The summed E-state index contributed by atoms with van der Waals surface area (Å²) >= 11 is 0. The predicted octanol–water partition coefficient (Wildman–Crippen LogP) is 2.16. The lowest BCUT2D eigenvalue weighted by atomic mass is 10.0. The van der Waals surface area contributed by atoms with E-state index in [9.17, 15) is 19.7 Å². The van der Waals surface area contributed by atoms with Gasteiger partial charge >= 0.3 is 11.9 Å². The molecular formula is C16H14N2O7. The first kappa shape index (κ1) is 18.0. The third-order valence-electron chi connectivity index (χ3n) is 3.21. The van der Waals surface area contributed by atoms with Gasteiger partial charge < -0.3 is 14.6 Å². The smallest absolute Gasteiger partial charge is 0.340 e. The first-order valence-corrected chi connectivity index (χ1v) is 7.08. The number of carboxylic acid groups (broad SMARTS) is 1. The van der Waals surface area contributed by atoms with Gasteiger partial charge in [-0.15, -0.1) is 0 Å². The number of carbonyl (C=O) groups is 2. The Balaban J connectivity index is 2.49. The second kappa shape index (κ2) is 7.97. The summed E-state index contributed by atoms with van der Waals surface area (Å²) in [6.07, 6.45) is 1.07. The van der Waals surface area contributed by atoms with Crippen molar-refractivity contribution in [2.24, 2.45) is 0 Å². The van der Waals surface area contributed by atoms with Crippen LogP contribution >= 0.6 is 0 Å². The van der Waals surface area contributed by atoms with E-state index in [0.29, 0.717) is 5.56 Å². The molecule has 1 aromatic heterocycles. The lowest BCUT2D eigenvalue weighted by Gasteiger charge is -2.10. The number of carbonyl (C=O) groups excluding carboxylic acids is 1. The van der Waals surface area contributed by atoms with E-state index in [0.717, 1.165) is 12.3 Å². The first-order valence-electron chi connectivity index (χ1n) is 7.08. The van der Waals surface area contributed by atoms with Gasteiger partial charge in [0.05, 0.1) is 28.4 Å². The maximum atomic E-state index is 12.3. The number of carboxylic acids is 1. The van der Waals surface area contributed by atoms with Crippen LogP contribution in [0.2, 0.25) is 0 Å². The van der Waals surface area contributed by atoms with Crippen LogP contribution in [0.3, 0.4) is 0 Å². The van der Waals surface area contributed by atoms with Gasteiger partial charge in [0, 0.05) is 31.0 Å². The Hall–Kier alpha value is -3.33. The minimum Gasteiger partial charge on any atom is -0.478 e. The number of hydrogen-bond acceptors (Lipinski definition) is 7. The highest BCUT2D eigenvalue weighted by Crippen LogP contribution is 2.26. The Morgan fingerprint density at radius 1 is 1.28 bits per heavy atom. The van der Waals surface area contributed by atoms with E-state index >= 15 is 0 Å². The third kappa shape index (κ3) is 4.36. The molecule has 130 valence electrons. The van der Waals surface area contributed by atoms with Crippen LogP contribution in [0.1, 0.15) is 20.7 Å². The predicted molar refractivity (Wildman–Crippen MR) is 85.4 cm³/mol. The van der Waals surface area contributed by atoms with Gasteiger partial charge in [0.25, 0.3) is 5.69 Å². The van der Waals surface area contributed by atoms with Crippen molar-refractivity contribution in [2.45, 2.75) is 0 Å². The summed E-state index contributed by atoms with van der Waals surface area (Å²) in [4.78, 5) is 37.7. The molecule has 0 unspecified atom stereocenters. The fourth-order valence-electron chi connectivity index (χ4n) is 2.03. The molecule has 0 fully saturated rings. The van der Waals surface area contributed by atoms with Gasteiger partial charge in [0.15, 0.2) is 0 Å². The number of aromatic carboxylic acids is 1. The molecule has 0 saturated carbocycles. The van der Waals surface area contributed by atoms with Crippen LogP contribution in [-0.4, -0.2) is 47.3 Å². The highest BCUT2D eigenvalue weighted by atomic mass is 16.6. The lowest BCUT2D eigenvalue weighted by molar-refractivity contribution is -0.384. The second-order valence-corrected chi connectivity index (χ2v) is 4.86. The monoisotopic (exact) mass is 346 g/mol. The van der Waals surface area contributed by atoms with Gasteiger partial charge in [0.1, 0.15) is 6.61 Å². The third-order valence-corrected chi connectivity index (χ3v) is 3.21. The molecular weight excluding hydrogens is 332 g/mol. The van der Waals surface area contributed by atoms with Gasteiger partial charge in [0.2, 0.25) is 0 Å². The van der Waals surface area contributed by atoms with Gasteiger partial charge in [-0.1, -0.05) is 12.1 Å². The SMILES string of the molecule is COCCOC(=O)c1cc(C(=O)O)cnc1-c1cccc([N+](=O)[O-])c1. The molecule has 1 aromatic carbocycles. The molecule has 0 aliphatic carbocycles. The minimum atomic E-state index is -1.26. The molecule has 2 rings (SSSR count). The molecule has 0 aliphatic rings. The maximum Gasteiger partial charge on any atom is 0.340 e. The van der Waals surface area contributed by atoms with E-state index in [-0.39, 0.29) is 35.7 Å². The average molecular weight is 346 g/mol. The number of nitrogens with zero attached hydrogens (tertiary/aromatic N) is 2. The lowest BCUT2D eigenvalue weighted by Crippen LogP contribution is -2.13. The van der Waals surface area contributed by atoms with Crippen LogP contribution in [-0.2, 0) is 9.47 Å². The van der Waals surface area contributed by atoms with Crippen molar-refractivity contribution in [3.63, 3.8) is 0 Å². The van der Waals surface area contributed by atoms with Gasteiger partial charge in [-0.3, -0.25) is 15.1 Å². The maximum absolute atomic E-state index is 12.3. The second-order valence-electron chi connectivity index (χ2n) is 4.86. The van der Waals surface area contributed by atoms with Crippen molar-refractivity contribution in [2.75, 3.05) is 20.3 Å². The number of benzene rings is 1. The summed E-state index contributed by atoms with van der Waals surface area (Å²) in [5.41, 5.74) is -0.0920. The zero-order chi connectivity index (χ0) is 18.4. The number of nitro benzene ring substituents is 1. The summed E-state index contributed by atoms with van der Waals surface area (Å²) in [6, 6.07) is 6.64. The minimum absolute atomic E-state index is 0.0268. The fraction of sp³-hybridized carbons (Fsp3) is 0.188. The zero-order valence-electron chi connectivity index (χ0n) is 13.2. The summed E-state index contributed by atoms with van der Waals surface area (Å²) in [7, 11) is 1.44. The average Bonchev–Trinajstić information content (AvgIpc) is 2.61. The molecule has 0 bridgehead atoms. The van der Waals surface area contributed by atoms with E-state index in [1.165, 1.54) is 31.4 Å². The Labute approximate surface area is 142 Å². The molecule has 1 heterocycles. The highest BCUT2D eigenvalue weighted by molar-refractivity contribution is 5.99. The number of ether oxygens (including phenoxy) is 2. The van der Waals surface area contributed by atoms with Crippen molar-refractivity contribution < 1.29 is 29.1 Å². The number of pyridine rings is 1. The molecule has 0 atom stereocenters. The number of methoxy groups -OCH3 is 1. The molecule has 0 aliphatic heterocycles. The van der Waals surface area contributed by atoms with Crippen molar-refractivity contribution in [1.82, 2.24) is 4.98 Å². The van der Waals surface area contributed by atoms with E-state index in [4.69, 9.17) is 14.6 Å². The van der Waals surface area contributed by atoms with Crippen LogP contribution < -0.4 is 0 Å². The molecule has 2 aromatic rings. The number of nitro groups is 1. The molecule has 9 heteroatoms. The fourth-order valence-corrected chi connectivity index (χ4v) is 2.03. The molecule has 1 N–H and O–H groups in total. The zero-order valence-corrected chi connectivity index (χ0v) is 13.2. The van der Waals surface area contributed by atoms with Gasteiger partial charge in [-0.05, 0) is 6.07 Å². The van der Waals surface area contributed by atoms with Crippen molar-refractivity contribution >= 4 is 17.6 Å². The number of rotatable bonds is 7. The van der Waals surface area contributed by atoms with E-state index in [1.54, 1.807) is 0 Å². The Kier molecular flexibility index (Phi) is 5.75. The number of non-ortho nitro benzene ring substituents is 1. The van der Waals surface area contributed by atoms with Gasteiger partial charge in [-0.25, -0.2) is 9.59 Å². The summed E-state index contributed by atoms with van der Waals surface area (Å²) < 4.78 is 9.80. The number of hydrogen-bond donors (Lipinski definition) is 1. The Morgan fingerprint density at radius 2 is 2.04 bits per heavy atom. The van der Waals surface area contributed by atoms with E-state index in [1.807, 2.05) is 0 Å². The molecule has 0 spiro atoms. The molecule has 0 saturated heterocycles. The number of esters is 1. The van der Waals surface area contributed by atoms with Crippen LogP contribution in [0.15, 0.2) is 36.5 Å². The van der Waals surface area contributed by atoms with Crippen molar-refractivity contribution in [3.8, 4) is 11.3 Å².